The summed E-state index contributed by atoms with van der Waals surface area (Å²) in [5.41, 5.74) is 0.895. The second-order valence-corrected chi connectivity index (χ2v) is 8.35. The molecule has 162 valence electrons. The zero-order valence-corrected chi connectivity index (χ0v) is 17.5. The summed E-state index contributed by atoms with van der Waals surface area (Å²) in [7, 11) is 1.69. The summed E-state index contributed by atoms with van der Waals surface area (Å²) in [4.78, 5) is 23.9. The van der Waals surface area contributed by atoms with Gasteiger partial charge >= 0.3 is 0 Å². The van der Waals surface area contributed by atoms with E-state index in [1.807, 2.05) is 35.2 Å². The molecule has 1 aliphatic heterocycles. The first-order chi connectivity index (χ1) is 15.2. The first-order valence-corrected chi connectivity index (χ1v) is 10.8. The Morgan fingerprint density at radius 3 is 2.84 bits per heavy atom. The van der Waals surface area contributed by atoms with Crippen molar-refractivity contribution >= 4 is 5.91 Å². The molecule has 1 aromatic carbocycles. The molecule has 1 amide bonds. The highest BCUT2D eigenvalue weighted by atomic mass is 16.5. The topological polar surface area (TPSA) is 110 Å². The average Bonchev–Trinajstić information content (AvgIpc) is 3.19. The van der Waals surface area contributed by atoms with Crippen LogP contribution in [0.1, 0.15) is 48.6 Å². The van der Waals surface area contributed by atoms with E-state index in [4.69, 9.17) is 14.2 Å². The number of methoxy groups -OCH3 is 1. The number of aryl methyl sites for hydroxylation is 1. The van der Waals surface area contributed by atoms with Crippen molar-refractivity contribution in [3.8, 4) is 11.4 Å². The fourth-order valence-corrected chi connectivity index (χ4v) is 4.18. The molecule has 1 saturated heterocycles. The molecule has 2 aromatic heterocycles. The van der Waals surface area contributed by atoms with Crippen LogP contribution in [0.15, 0.2) is 34.9 Å². The minimum absolute atomic E-state index is 0.0741. The Kier molecular flexibility index (Phi) is 5.50. The maximum absolute atomic E-state index is 12.9. The second kappa shape index (κ2) is 8.58. The van der Waals surface area contributed by atoms with Gasteiger partial charge in [0.25, 0.3) is 0 Å². The van der Waals surface area contributed by atoms with Crippen LogP contribution in [-0.4, -0.2) is 62.9 Å². The van der Waals surface area contributed by atoms with Gasteiger partial charge in [0.1, 0.15) is 5.82 Å². The lowest BCUT2D eigenvalue weighted by atomic mass is 9.96. The molecule has 9 nitrogen and oxygen atoms in total. The molecule has 31 heavy (non-hydrogen) atoms. The van der Waals surface area contributed by atoms with Crippen LogP contribution in [-0.2, 0) is 16.0 Å². The van der Waals surface area contributed by atoms with Crippen LogP contribution in [0, 0.1) is 5.92 Å². The standard InChI is InChI=1S/C22H26N6O3/c1-30-13-16-11-28(12-17(16)22-24-20(25-26-22)15-7-8-15)19(29)10-9-18-23-21(27-31-18)14-5-3-2-4-6-14/h2-6,15-17H,7-13H2,1H3,(H,24,25,26)/t16-,17+/m0/s1. The number of nitrogens with one attached hydrogen (secondary N) is 1. The largest absolute Gasteiger partial charge is 0.384 e. The number of hydrogen-bond acceptors (Lipinski definition) is 7. The summed E-state index contributed by atoms with van der Waals surface area (Å²) < 4.78 is 10.8. The van der Waals surface area contributed by atoms with E-state index in [1.165, 1.54) is 0 Å². The van der Waals surface area contributed by atoms with Crippen molar-refractivity contribution in [3.63, 3.8) is 0 Å². The molecule has 9 heteroatoms. The number of H-pyrrole nitrogens is 1. The average molecular weight is 422 g/mol. The predicted molar refractivity (Wildman–Crippen MR) is 111 cm³/mol. The maximum Gasteiger partial charge on any atom is 0.227 e. The summed E-state index contributed by atoms with van der Waals surface area (Å²) in [6, 6.07) is 9.65. The Hall–Kier alpha value is -3.07. The highest BCUT2D eigenvalue weighted by molar-refractivity contribution is 5.76. The molecule has 3 heterocycles. The highest BCUT2D eigenvalue weighted by Crippen LogP contribution is 2.39. The number of carbonyl (C=O) groups excluding carboxylic acids is 1. The number of carbonyl (C=O) groups is 1. The van der Waals surface area contributed by atoms with Crippen molar-refractivity contribution in [1.29, 1.82) is 0 Å². The van der Waals surface area contributed by atoms with Crippen molar-refractivity contribution in [2.45, 2.75) is 37.5 Å². The fourth-order valence-electron chi connectivity index (χ4n) is 4.18. The lowest BCUT2D eigenvalue weighted by molar-refractivity contribution is -0.130. The number of hydrogen-bond donors (Lipinski definition) is 1. The molecule has 0 bridgehead atoms. The van der Waals surface area contributed by atoms with E-state index < -0.39 is 0 Å². The van der Waals surface area contributed by atoms with Gasteiger partial charge in [0.15, 0.2) is 5.82 Å². The summed E-state index contributed by atoms with van der Waals surface area (Å²) in [6.07, 6.45) is 3.07. The summed E-state index contributed by atoms with van der Waals surface area (Å²) in [6.45, 7) is 1.85. The summed E-state index contributed by atoms with van der Waals surface area (Å²) in [5, 5.41) is 11.5. The third-order valence-corrected chi connectivity index (χ3v) is 6.04. The van der Waals surface area contributed by atoms with Gasteiger partial charge in [-0.3, -0.25) is 9.89 Å². The smallest absolute Gasteiger partial charge is 0.227 e. The number of amides is 1. The molecule has 0 unspecified atom stereocenters. The molecule has 2 atom stereocenters. The van der Waals surface area contributed by atoms with Crippen molar-refractivity contribution in [2.75, 3.05) is 26.8 Å². The predicted octanol–water partition coefficient (Wildman–Crippen LogP) is 2.55. The van der Waals surface area contributed by atoms with E-state index in [0.717, 1.165) is 30.1 Å². The van der Waals surface area contributed by atoms with Gasteiger partial charge in [-0.1, -0.05) is 35.5 Å². The van der Waals surface area contributed by atoms with E-state index in [0.29, 0.717) is 50.2 Å². The van der Waals surface area contributed by atoms with Gasteiger partial charge in [-0.05, 0) is 12.8 Å². The van der Waals surface area contributed by atoms with E-state index in [1.54, 1.807) is 7.11 Å². The van der Waals surface area contributed by atoms with E-state index in [9.17, 15) is 4.79 Å². The van der Waals surface area contributed by atoms with Gasteiger partial charge in [0, 0.05) is 56.4 Å². The van der Waals surface area contributed by atoms with E-state index in [-0.39, 0.29) is 17.7 Å². The molecule has 3 aromatic rings. The number of aromatic nitrogens is 5. The Bertz CT molecular complexity index is 1030. The molecule has 5 rings (SSSR count). The van der Waals surface area contributed by atoms with Crippen molar-refractivity contribution in [2.24, 2.45) is 5.92 Å². The van der Waals surface area contributed by atoms with Gasteiger partial charge < -0.3 is 14.2 Å². The second-order valence-electron chi connectivity index (χ2n) is 8.35. The van der Waals surface area contributed by atoms with E-state index >= 15 is 0 Å². The van der Waals surface area contributed by atoms with Crippen molar-refractivity contribution in [1.82, 2.24) is 30.2 Å². The van der Waals surface area contributed by atoms with Crippen LogP contribution in [0.25, 0.3) is 11.4 Å². The molecular weight excluding hydrogens is 396 g/mol. The lowest BCUT2D eigenvalue weighted by Gasteiger charge is -2.15. The Morgan fingerprint density at radius 2 is 2.06 bits per heavy atom. The zero-order valence-electron chi connectivity index (χ0n) is 17.5. The van der Waals surface area contributed by atoms with Gasteiger partial charge in [-0.25, -0.2) is 4.98 Å². The number of benzene rings is 1. The minimum Gasteiger partial charge on any atom is -0.384 e. The number of likely N-dealkylation sites (tertiary alicyclic amines) is 1. The number of aromatic amines is 1. The molecule has 2 fully saturated rings. The summed E-state index contributed by atoms with van der Waals surface area (Å²) in [5.74, 6) is 3.66. The minimum atomic E-state index is 0.0741. The molecule has 1 saturated carbocycles. The zero-order chi connectivity index (χ0) is 21.2. The molecule has 1 N–H and O–H groups in total. The number of ether oxygens (including phenoxy) is 1. The normalized spacial score (nSPS) is 21.0. The lowest BCUT2D eigenvalue weighted by Crippen LogP contribution is -2.29. The van der Waals surface area contributed by atoms with Gasteiger partial charge in [-0.15, -0.1) is 0 Å². The van der Waals surface area contributed by atoms with Crippen LogP contribution in [0.3, 0.4) is 0 Å². The quantitative estimate of drug-likeness (QED) is 0.594. The van der Waals surface area contributed by atoms with Gasteiger partial charge in [-0.2, -0.15) is 10.1 Å². The molecular formula is C22H26N6O3. The van der Waals surface area contributed by atoms with Gasteiger partial charge in [0.05, 0.1) is 6.61 Å². The highest BCUT2D eigenvalue weighted by Gasteiger charge is 2.39. The Labute approximate surface area is 180 Å². The first kappa shape index (κ1) is 19.9. The molecule has 2 aliphatic rings. The molecule has 1 aliphatic carbocycles. The van der Waals surface area contributed by atoms with Crippen LogP contribution in [0.4, 0.5) is 0 Å². The van der Waals surface area contributed by atoms with Crippen LogP contribution in [0.5, 0.6) is 0 Å². The summed E-state index contributed by atoms with van der Waals surface area (Å²) >= 11 is 0. The fraction of sp³-hybridized carbons (Fsp3) is 0.500. The number of nitrogens with zero attached hydrogens (tertiary/aromatic N) is 5. The third kappa shape index (κ3) is 4.36. The maximum atomic E-state index is 12.9. The molecule has 0 radical (unpaired) electrons. The molecule has 0 spiro atoms. The SMILES string of the molecule is COC[C@@H]1CN(C(=O)CCc2nc(-c3ccccc3)no2)C[C@H]1c1nc(C2CC2)n[nH]1. The van der Waals surface area contributed by atoms with Crippen LogP contribution < -0.4 is 0 Å². The first-order valence-electron chi connectivity index (χ1n) is 10.8. The van der Waals surface area contributed by atoms with Crippen LogP contribution in [0.2, 0.25) is 0 Å². The third-order valence-electron chi connectivity index (χ3n) is 6.04. The van der Waals surface area contributed by atoms with Gasteiger partial charge in [0.2, 0.25) is 17.6 Å². The van der Waals surface area contributed by atoms with Crippen LogP contribution >= 0.6 is 0 Å². The Balaban J connectivity index is 1.20. The Morgan fingerprint density at radius 1 is 1.23 bits per heavy atom. The van der Waals surface area contributed by atoms with Crippen molar-refractivity contribution < 1.29 is 14.1 Å². The number of rotatable bonds is 8. The monoisotopic (exact) mass is 422 g/mol. The van der Waals surface area contributed by atoms with Crippen molar-refractivity contribution in [3.05, 3.63) is 47.9 Å². The van der Waals surface area contributed by atoms with E-state index in [2.05, 4.69) is 20.3 Å².